The fourth-order valence-corrected chi connectivity index (χ4v) is 2.00. The van der Waals surface area contributed by atoms with Gasteiger partial charge in [-0.15, -0.1) is 0 Å². The van der Waals surface area contributed by atoms with Gasteiger partial charge in [0, 0.05) is 15.7 Å². The Morgan fingerprint density at radius 3 is 2.45 bits per heavy atom. The van der Waals surface area contributed by atoms with Crippen LogP contribution >= 0.6 is 15.9 Å². The van der Waals surface area contributed by atoms with Crippen LogP contribution in [0.2, 0.25) is 0 Å². The van der Waals surface area contributed by atoms with Gasteiger partial charge in [0.1, 0.15) is 0 Å². The molecule has 1 amide bonds. The van der Waals surface area contributed by atoms with E-state index in [4.69, 9.17) is 5.11 Å². The van der Waals surface area contributed by atoms with Crippen molar-refractivity contribution in [2.24, 2.45) is 0 Å². The molecular formula is C15H12BrNO3. The molecule has 102 valence electrons. The molecular weight excluding hydrogens is 322 g/mol. The number of hydrogen-bond donors (Lipinski definition) is 2. The molecule has 0 aliphatic heterocycles. The van der Waals surface area contributed by atoms with Gasteiger partial charge in [-0.05, 0) is 42.0 Å². The van der Waals surface area contributed by atoms with Gasteiger partial charge in [-0.2, -0.15) is 0 Å². The van der Waals surface area contributed by atoms with Gasteiger partial charge in [0.25, 0.3) is 5.91 Å². The van der Waals surface area contributed by atoms with E-state index in [2.05, 4.69) is 21.2 Å². The summed E-state index contributed by atoms with van der Waals surface area (Å²) in [4.78, 5) is 22.7. The molecule has 20 heavy (non-hydrogen) atoms. The number of benzene rings is 2. The summed E-state index contributed by atoms with van der Waals surface area (Å²) >= 11 is 3.31. The van der Waals surface area contributed by atoms with Crippen LogP contribution in [0.1, 0.15) is 15.9 Å². The lowest BCUT2D eigenvalue weighted by Gasteiger charge is -2.07. The smallest absolute Gasteiger partial charge is 0.307 e. The third-order valence-electron chi connectivity index (χ3n) is 2.65. The largest absolute Gasteiger partial charge is 0.481 e. The van der Waals surface area contributed by atoms with E-state index in [1.165, 1.54) is 0 Å². The highest BCUT2D eigenvalue weighted by atomic mass is 79.9. The van der Waals surface area contributed by atoms with Crippen molar-refractivity contribution in [2.45, 2.75) is 6.42 Å². The number of carboxylic acids is 1. The molecule has 0 bridgehead atoms. The summed E-state index contributed by atoms with van der Waals surface area (Å²) < 4.78 is 0.900. The second kappa shape index (κ2) is 6.34. The summed E-state index contributed by atoms with van der Waals surface area (Å²) in [6.07, 6.45) is -0.0675. The minimum atomic E-state index is -0.901. The van der Waals surface area contributed by atoms with Crippen LogP contribution in [0.15, 0.2) is 53.0 Å². The monoisotopic (exact) mass is 333 g/mol. The van der Waals surface area contributed by atoms with Crippen molar-refractivity contribution in [3.63, 3.8) is 0 Å². The summed E-state index contributed by atoms with van der Waals surface area (Å²) in [5.74, 6) is -1.13. The zero-order valence-electron chi connectivity index (χ0n) is 10.5. The zero-order valence-corrected chi connectivity index (χ0v) is 12.1. The van der Waals surface area contributed by atoms with E-state index in [-0.39, 0.29) is 12.3 Å². The predicted octanol–water partition coefficient (Wildman–Crippen LogP) is 3.33. The molecule has 0 unspecified atom stereocenters. The minimum absolute atomic E-state index is 0.0675. The fourth-order valence-electron chi connectivity index (χ4n) is 1.74. The first kappa shape index (κ1) is 14.3. The summed E-state index contributed by atoms with van der Waals surface area (Å²) in [5, 5.41) is 11.5. The molecule has 2 N–H and O–H groups in total. The number of hydrogen-bond acceptors (Lipinski definition) is 2. The molecule has 0 atom stereocenters. The van der Waals surface area contributed by atoms with Crippen molar-refractivity contribution in [3.05, 3.63) is 64.1 Å². The predicted molar refractivity (Wildman–Crippen MR) is 79.9 cm³/mol. The van der Waals surface area contributed by atoms with Crippen LogP contribution in [-0.2, 0) is 11.2 Å². The summed E-state index contributed by atoms with van der Waals surface area (Å²) in [6.45, 7) is 0. The Bertz CT molecular complexity index is 638. The highest BCUT2D eigenvalue weighted by Gasteiger charge is 2.07. The quantitative estimate of drug-likeness (QED) is 0.901. The van der Waals surface area contributed by atoms with Gasteiger partial charge in [0.05, 0.1) is 6.42 Å². The fraction of sp³-hybridized carbons (Fsp3) is 0.0667. The van der Waals surface area contributed by atoms with Crippen molar-refractivity contribution in [3.8, 4) is 0 Å². The third kappa shape index (κ3) is 3.93. The summed E-state index contributed by atoms with van der Waals surface area (Å²) in [7, 11) is 0. The second-order valence-electron chi connectivity index (χ2n) is 4.23. The average molecular weight is 334 g/mol. The first-order valence-corrected chi connectivity index (χ1v) is 6.71. The normalized spacial score (nSPS) is 10.1. The average Bonchev–Trinajstić information content (AvgIpc) is 2.39. The number of aliphatic carboxylic acids is 1. The van der Waals surface area contributed by atoms with Crippen LogP contribution in [0.3, 0.4) is 0 Å². The Morgan fingerprint density at radius 1 is 1.10 bits per heavy atom. The van der Waals surface area contributed by atoms with Gasteiger partial charge in [-0.1, -0.05) is 28.1 Å². The van der Waals surface area contributed by atoms with E-state index >= 15 is 0 Å². The van der Waals surface area contributed by atoms with E-state index in [1.54, 1.807) is 48.5 Å². The number of nitrogens with one attached hydrogen (secondary N) is 1. The van der Waals surface area contributed by atoms with Gasteiger partial charge in [0.2, 0.25) is 0 Å². The number of amides is 1. The summed E-state index contributed by atoms with van der Waals surface area (Å²) in [6, 6.07) is 13.8. The highest BCUT2D eigenvalue weighted by Crippen LogP contribution is 2.15. The van der Waals surface area contributed by atoms with E-state index in [0.717, 1.165) is 4.47 Å². The molecule has 0 aliphatic carbocycles. The van der Waals surface area contributed by atoms with Crippen molar-refractivity contribution in [1.82, 2.24) is 0 Å². The van der Waals surface area contributed by atoms with Gasteiger partial charge < -0.3 is 10.4 Å². The van der Waals surface area contributed by atoms with Crippen LogP contribution in [0.25, 0.3) is 0 Å². The lowest BCUT2D eigenvalue weighted by molar-refractivity contribution is -0.136. The Hall–Kier alpha value is -2.14. The molecule has 0 aliphatic rings. The number of anilines is 1. The Morgan fingerprint density at radius 2 is 1.80 bits per heavy atom. The van der Waals surface area contributed by atoms with E-state index in [1.807, 2.05) is 0 Å². The Balaban J connectivity index is 2.11. The maximum atomic E-state index is 12.0. The van der Waals surface area contributed by atoms with Crippen molar-refractivity contribution >= 4 is 33.5 Å². The maximum Gasteiger partial charge on any atom is 0.307 e. The van der Waals surface area contributed by atoms with Crippen LogP contribution in [0.5, 0.6) is 0 Å². The topological polar surface area (TPSA) is 66.4 Å². The van der Waals surface area contributed by atoms with Crippen LogP contribution in [0.4, 0.5) is 5.69 Å². The molecule has 0 radical (unpaired) electrons. The van der Waals surface area contributed by atoms with Crippen LogP contribution in [-0.4, -0.2) is 17.0 Å². The first-order valence-electron chi connectivity index (χ1n) is 5.92. The first-order chi connectivity index (χ1) is 9.54. The second-order valence-corrected chi connectivity index (χ2v) is 5.15. The molecule has 2 rings (SSSR count). The molecule has 0 aromatic heterocycles. The van der Waals surface area contributed by atoms with E-state index < -0.39 is 5.97 Å². The summed E-state index contributed by atoms with van der Waals surface area (Å²) in [5.41, 5.74) is 1.76. The molecule has 0 fully saturated rings. The van der Waals surface area contributed by atoms with Crippen LogP contribution < -0.4 is 5.32 Å². The third-order valence-corrected chi connectivity index (χ3v) is 3.18. The number of carbonyl (C=O) groups excluding carboxylic acids is 1. The van der Waals surface area contributed by atoms with Crippen LogP contribution in [0, 0.1) is 0 Å². The minimum Gasteiger partial charge on any atom is -0.481 e. The lowest BCUT2D eigenvalue weighted by atomic mass is 10.1. The number of rotatable bonds is 4. The van der Waals surface area contributed by atoms with Crippen molar-refractivity contribution < 1.29 is 14.7 Å². The molecule has 0 saturated heterocycles. The Kier molecular flexibility index (Phi) is 4.53. The van der Waals surface area contributed by atoms with Gasteiger partial charge >= 0.3 is 5.97 Å². The molecule has 0 heterocycles. The maximum absolute atomic E-state index is 12.0. The van der Waals surface area contributed by atoms with Crippen molar-refractivity contribution in [1.29, 1.82) is 0 Å². The standard InChI is InChI=1S/C15H12BrNO3/c16-12-6-4-11(5-7-12)15(20)17-13-3-1-2-10(8-13)9-14(18)19/h1-8H,9H2,(H,17,20)(H,18,19). The molecule has 5 heteroatoms. The molecule has 2 aromatic carbocycles. The molecule has 0 spiro atoms. The number of carboxylic acid groups (broad SMARTS) is 1. The van der Waals surface area contributed by atoms with Gasteiger partial charge in [-0.3, -0.25) is 9.59 Å². The lowest BCUT2D eigenvalue weighted by Crippen LogP contribution is -2.12. The van der Waals surface area contributed by atoms with Gasteiger partial charge in [-0.25, -0.2) is 0 Å². The molecule has 4 nitrogen and oxygen atoms in total. The zero-order chi connectivity index (χ0) is 14.5. The van der Waals surface area contributed by atoms with E-state index in [9.17, 15) is 9.59 Å². The number of halogens is 1. The highest BCUT2D eigenvalue weighted by molar-refractivity contribution is 9.10. The van der Waals surface area contributed by atoms with Gasteiger partial charge in [0.15, 0.2) is 0 Å². The van der Waals surface area contributed by atoms with Crippen molar-refractivity contribution in [2.75, 3.05) is 5.32 Å². The molecule has 0 saturated carbocycles. The SMILES string of the molecule is O=C(O)Cc1cccc(NC(=O)c2ccc(Br)cc2)c1. The number of carbonyl (C=O) groups is 2. The van der Waals surface area contributed by atoms with E-state index in [0.29, 0.717) is 16.8 Å². The molecule has 2 aromatic rings. The Labute approximate surface area is 124 Å².